The molecule has 0 bridgehead atoms. The molecule has 0 amide bonds. The Morgan fingerprint density at radius 2 is 2.10 bits per heavy atom. The van der Waals surface area contributed by atoms with Crippen molar-refractivity contribution in [3.05, 3.63) is 17.5 Å². The molecule has 0 aliphatic rings. The highest BCUT2D eigenvalue weighted by atomic mass is 32.2. The Labute approximate surface area is 70.7 Å². The highest BCUT2D eigenvalue weighted by molar-refractivity contribution is 8.02. The molecule has 0 radical (unpaired) electrons. The number of hydrogen-bond acceptors (Lipinski definition) is 2. The molecule has 0 saturated carbocycles. The first-order valence-electron chi connectivity index (χ1n) is 3.30. The highest BCUT2D eigenvalue weighted by Gasteiger charge is 2.11. The molecule has 0 spiro atoms. The van der Waals surface area contributed by atoms with E-state index in [0.717, 1.165) is 0 Å². The summed E-state index contributed by atoms with van der Waals surface area (Å²) in [5.41, 5.74) is 0. The Balaban J connectivity index is 2.57. The Bertz CT molecular complexity index is 182. The number of thioether (sulfide) groups is 1. The summed E-state index contributed by atoms with van der Waals surface area (Å²) in [5, 5.41) is 2.12. The second kappa shape index (κ2) is 2.97. The minimum Gasteiger partial charge on any atom is -0.137 e. The number of hydrogen-bond donors (Lipinski definition) is 0. The molecule has 0 N–H and O–H groups in total. The van der Waals surface area contributed by atoms with Crippen LogP contribution in [0.2, 0.25) is 0 Å². The fraction of sp³-hybridized carbons (Fsp3) is 0.500. The standard InChI is InChI=1S/C8H12S2/c1-8(2,3)10-7-5-4-6-9-7/h4-6H,1-3H3. The third-order valence-electron chi connectivity index (χ3n) is 0.902. The van der Waals surface area contributed by atoms with Gasteiger partial charge in [-0.2, -0.15) is 0 Å². The molecular weight excluding hydrogens is 160 g/mol. The number of rotatable bonds is 1. The molecular formula is C8H12S2. The second-order valence-corrected chi connectivity index (χ2v) is 6.22. The van der Waals surface area contributed by atoms with E-state index in [9.17, 15) is 0 Å². The van der Waals surface area contributed by atoms with E-state index >= 15 is 0 Å². The van der Waals surface area contributed by atoms with Crippen LogP contribution in [0.3, 0.4) is 0 Å². The fourth-order valence-electron chi connectivity index (χ4n) is 0.623. The van der Waals surface area contributed by atoms with Crippen LogP contribution in [-0.2, 0) is 0 Å². The summed E-state index contributed by atoms with van der Waals surface area (Å²) in [6, 6.07) is 4.26. The van der Waals surface area contributed by atoms with Crippen molar-refractivity contribution in [1.29, 1.82) is 0 Å². The average Bonchev–Trinajstić information content (AvgIpc) is 2.12. The minimum atomic E-state index is 0.352. The number of thiophene rings is 1. The van der Waals surface area contributed by atoms with E-state index in [2.05, 4.69) is 38.3 Å². The monoisotopic (exact) mass is 172 g/mol. The molecule has 0 aliphatic heterocycles. The van der Waals surface area contributed by atoms with Gasteiger partial charge >= 0.3 is 0 Å². The van der Waals surface area contributed by atoms with Crippen LogP contribution in [0.5, 0.6) is 0 Å². The van der Waals surface area contributed by atoms with Gasteiger partial charge in [-0.15, -0.1) is 23.1 Å². The molecule has 0 atom stereocenters. The third-order valence-corrected chi connectivity index (χ3v) is 3.05. The van der Waals surface area contributed by atoms with Crippen LogP contribution in [0.1, 0.15) is 20.8 Å². The maximum absolute atomic E-state index is 2.23. The largest absolute Gasteiger partial charge is 0.137 e. The van der Waals surface area contributed by atoms with Gasteiger partial charge in [-0.3, -0.25) is 0 Å². The summed E-state index contributed by atoms with van der Waals surface area (Å²) in [4.78, 5) is 0. The lowest BCUT2D eigenvalue weighted by atomic mass is 10.3. The quantitative estimate of drug-likeness (QED) is 0.583. The summed E-state index contributed by atoms with van der Waals surface area (Å²) in [6.45, 7) is 6.70. The zero-order valence-electron chi connectivity index (χ0n) is 6.55. The van der Waals surface area contributed by atoms with Crippen LogP contribution in [0.15, 0.2) is 21.7 Å². The second-order valence-electron chi connectivity index (χ2n) is 3.15. The Morgan fingerprint density at radius 3 is 2.50 bits per heavy atom. The van der Waals surface area contributed by atoms with Crippen molar-refractivity contribution in [1.82, 2.24) is 0 Å². The van der Waals surface area contributed by atoms with Crippen LogP contribution in [0, 0.1) is 0 Å². The Morgan fingerprint density at radius 1 is 1.40 bits per heavy atom. The molecule has 0 aromatic carbocycles. The SMILES string of the molecule is CC(C)(C)Sc1cccs1. The predicted molar refractivity (Wildman–Crippen MR) is 49.9 cm³/mol. The molecule has 1 aromatic heterocycles. The highest BCUT2D eigenvalue weighted by Crippen LogP contribution is 2.34. The topological polar surface area (TPSA) is 0 Å². The van der Waals surface area contributed by atoms with E-state index in [1.807, 2.05) is 23.1 Å². The van der Waals surface area contributed by atoms with E-state index in [-0.39, 0.29) is 0 Å². The Kier molecular flexibility index (Phi) is 2.42. The normalized spacial score (nSPS) is 11.9. The molecule has 1 aromatic rings. The van der Waals surface area contributed by atoms with Gasteiger partial charge in [0.2, 0.25) is 0 Å². The predicted octanol–water partition coefficient (Wildman–Crippen LogP) is 3.64. The van der Waals surface area contributed by atoms with Crippen molar-refractivity contribution in [2.45, 2.75) is 29.7 Å². The van der Waals surface area contributed by atoms with Gasteiger partial charge in [0.15, 0.2) is 0 Å². The van der Waals surface area contributed by atoms with Gasteiger partial charge in [0.1, 0.15) is 0 Å². The zero-order valence-corrected chi connectivity index (χ0v) is 8.18. The van der Waals surface area contributed by atoms with Crippen LogP contribution in [-0.4, -0.2) is 4.75 Å². The summed E-state index contributed by atoms with van der Waals surface area (Å²) in [5.74, 6) is 0. The van der Waals surface area contributed by atoms with Crippen LogP contribution >= 0.6 is 23.1 Å². The van der Waals surface area contributed by atoms with E-state index in [1.54, 1.807) is 0 Å². The minimum absolute atomic E-state index is 0.352. The Hall–Kier alpha value is 0.0500. The summed E-state index contributed by atoms with van der Waals surface area (Å²) in [6.07, 6.45) is 0. The van der Waals surface area contributed by atoms with Crippen molar-refractivity contribution in [3.63, 3.8) is 0 Å². The average molecular weight is 172 g/mol. The smallest absolute Gasteiger partial charge is 0.0603 e. The molecule has 0 fully saturated rings. The summed E-state index contributed by atoms with van der Waals surface area (Å²) >= 11 is 3.74. The van der Waals surface area contributed by atoms with Crippen LogP contribution in [0.4, 0.5) is 0 Å². The molecule has 10 heavy (non-hydrogen) atoms. The molecule has 56 valence electrons. The van der Waals surface area contributed by atoms with Gasteiger partial charge in [0.25, 0.3) is 0 Å². The summed E-state index contributed by atoms with van der Waals surface area (Å²) in [7, 11) is 0. The van der Waals surface area contributed by atoms with E-state index < -0.39 is 0 Å². The summed E-state index contributed by atoms with van der Waals surface area (Å²) < 4.78 is 1.76. The van der Waals surface area contributed by atoms with E-state index in [4.69, 9.17) is 0 Å². The zero-order chi connectivity index (χ0) is 7.61. The molecule has 1 rings (SSSR count). The van der Waals surface area contributed by atoms with Crippen molar-refractivity contribution >= 4 is 23.1 Å². The first-order valence-corrected chi connectivity index (χ1v) is 5.00. The molecule has 0 nitrogen and oxygen atoms in total. The van der Waals surface area contributed by atoms with Crippen molar-refractivity contribution in [2.75, 3.05) is 0 Å². The van der Waals surface area contributed by atoms with Gasteiger partial charge in [-0.25, -0.2) is 0 Å². The van der Waals surface area contributed by atoms with Crippen molar-refractivity contribution < 1.29 is 0 Å². The third kappa shape index (κ3) is 2.76. The molecule has 0 unspecified atom stereocenters. The van der Waals surface area contributed by atoms with Gasteiger partial charge in [0.05, 0.1) is 4.21 Å². The van der Waals surface area contributed by atoms with Gasteiger partial charge in [-0.05, 0) is 11.4 Å². The molecule has 0 saturated heterocycles. The lowest BCUT2D eigenvalue weighted by Gasteiger charge is -2.15. The van der Waals surface area contributed by atoms with Crippen molar-refractivity contribution in [3.8, 4) is 0 Å². The molecule has 1 heterocycles. The fourth-order valence-corrected chi connectivity index (χ4v) is 2.93. The molecule has 2 heteroatoms. The van der Waals surface area contributed by atoms with Gasteiger partial charge in [0, 0.05) is 4.75 Å². The maximum atomic E-state index is 2.23. The van der Waals surface area contributed by atoms with Crippen molar-refractivity contribution in [2.24, 2.45) is 0 Å². The van der Waals surface area contributed by atoms with E-state index in [0.29, 0.717) is 4.75 Å². The first-order chi connectivity index (χ1) is 4.58. The lowest BCUT2D eigenvalue weighted by Crippen LogP contribution is -2.05. The van der Waals surface area contributed by atoms with Crippen LogP contribution in [0.25, 0.3) is 0 Å². The van der Waals surface area contributed by atoms with Gasteiger partial charge in [-0.1, -0.05) is 26.8 Å². The van der Waals surface area contributed by atoms with Crippen LogP contribution < -0.4 is 0 Å². The first kappa shape index (κ1) is 8.15. The van der Waals surface area contributed by atoms with Gasteiger partial charge < -0.3 is 0 Å². The van der Waals surface area contributed by atoms with E-state index in [1.165, 1.54) is 4.21 Å². The lowest BCUT2D eigenvalue weighted by molar-refractivity contribution is 0.804. The maximum Gasteiger partial charge on any atom is 0.0603 e. The molecule has 0 aliphatic carbocycles.